The molecule has 0 aliphatic carbocycles. The lowest BCUT2D eigenvalue weighted by molar-refractivity contribution is -0.126. The number of carbonyl (C=O) groups is 1. The van der Waals surface area contributed by atoms with Crippen molar-refractivity contribution in [2.24, 2.45) is 0 Å². The SMILES string of the molecule is C[C@H](C(=O)NCc1nc(-c2ccncc2)n[nH]1)N1CCc2ccccc2C1. The number of aromatic nitrogens is 4. The second-order valence-electron chi connectivity index (χ2n) is 6.72. The van der Waals surface area contributed by atoms with E-state index in [-0.39, 0.29) is 11.9 Å². The van der Waals surface area contributed by atoms with Gasteiger partial charge < -0.3 is 5.32 Å². The van der Waals surface area contributed by atoms with Gasteiger partial charge in [0.25, 0.3) is 0 Å². The summed E-state index contributed by atoms with van der Waals surface area (Å²) in [5.74, 6) is 1.23. The van der Waals surface area contributed by atoms with Gasteiger partial charge in [0.2, 0.25) is 5.91 Å². The van der Waals surface area contributed by atoms with Gasteiger partial charge in [-0.25, -0.2) is 4.98 Å². The number of fused-ring (bicyclic) bond motifs is 1. The molecule has 2 N–H and O–H groups in total. The Balaban J connectivity index is 1.34. The maximum atomic E-state index is 12.6. The zero-order valence-corrected chi connectivity index (χ0v) is 15.2. The Kier molecular flexibility index (Phi) is 4.93. The van der Waals surface area contributed by atoms with E-state index in [1.54, 1.807) is 12.4 Å². The molecule has 0 radical (unpaired) electrons. The first-order valence-corrected chi connectivity index (χ1v) is 9.11. The molecule has 0 unspecified atom stereocenters. The molecule has 2 aromatic heterocycles. The number of amides is 1. The Morgan fingerprint density at radius 2 is 2.00 bits per heavy atom. The van der Waals surface area contributed by atoms with Crippen LogP contribution in [-0.2, 0) is 24.3 Å². The number of hydrogen-bond acceptors (Lipinski definition) is 5. The number of rotatable bonds is 5. The molecule has 1 aliphatic rings. The summed E-state index contributed by atoms with van der Waals surface area (Å²) >= 11 is 0. The molecule has 0 saturated carbocycles. The molecular formula is C20H22N6O. The van der Waals surface area contributed by atoms with Gasteiger partial charge in [0.15, 0.2) is 5.82 Å². The third-order valence-electron chi connectivity index (χ3n) is 4.99. The summed E-state index contributed by atoms with van der Waals surface area (Å²) in [6, 6.07) is 11.9. The Bertz CT molecular complexity index is 923. The van der Waals surface area contributed by atoms with Gasteiger partial charge in [-0.1, -0.05) is 24.3 Å². The summed E-state index contributed by atoms with van der Waals surface area (Å²) in [5, 5.41) is 10.0. The van der Waals surface area contributed by atoms with E-state index in [9.17, 15) is 4.79 Å². The summed E-state index contributed by atoms with van der Waals surface area (Å²) in [4.78, 5) is 23.2. The molecule has 138 valence electrons. The van der Waals surface area contributed by atoms with Crippen molar-refractivity contribution in [3.8, 4) is 11.4 Å². The molecular weight excluding hydrogens is 340 g/mol. The molecule has 27 heavy (non-hydrogen) atoms. The molecule has 1 aromatic carbocycles. The molecule has 7 nitrogen and oxygen atoms in total. The van der Waals surface area contributed by atoms with Crippen LogP contribution >= 0.6 is 0 Å². The largest absolute Gasteiger partial charge is 0.347 e. The van der Waals surface area contributed by atoms with Gasteiger partial charge in [0.05, 0.1) is 12.6 Å². The molecule has 0 saturated heterocycles. The normalized spacial score (nSPS) is 15.1. The predicted octanol–water partition coefficient (Wildman–Crippen LogP) is 1.93. The highest BCUT2D eigenvalue weighted by atomic mass is 16.2. The van der Waals surface area contributed by atoms with Crippen LogP contribution in [0.4, 0.5) is 0 Å². The van der Waals surface area contributed by atoms with Crippen LogP contribution in [0.5, 0.6) is 0 Å². The van der Waals surface area contributed by atoms with E-state index in [1.165, 1.54) is 11.1 Å². The van der Waals surface area contributed by atoms with Crippen LogP contribution < -0.4 is 5.32 Å². The van der Waals surface area contributed by atoms with E-state index in [1.807, 2.05) is 19.1 Å². The lowest BCUT2D eigenvalue weighted by atomic mass is 9.99. The van der Waals surface area contributed by atoms with E-state index in [2.05, 4.69) is 54.6 Å². The van der Waals surface area contributed by atoms with Crippen molar-refractivity contribution >= 4 is 5.91 Å². The summed E-state index contributed by atoms with van der Waals surface area (Å²) in [6.45, 7) is 3.97. The second kappa shape index (κ2) is 7.67. The average molecular weight is 362 g/mol. The van der Waals surface area contributed by atoms with E-state index in [0.29, 0.717) is 18.2 Å². The zero-order valence-electron chi connectivity index (χ0n) is 15.2. The summed E-state index contributed by atoms with van der Waals surface area (Å²) in [6.07, 6.45) is 4.38. The molecule has 1 aliphatic heterocycles. The van der Waals surface area contributed by atoms with Crippen molar-refractivity contribution in [2.45, 2.75) is 32.5 Å². The number of aromatic amines is 1. The first kappa shape index (κ1) is 17.4. The van der Waals surface area contributed by atoms with Crippen molar-refractivity contribution in [1.29, 1.82) is 0 Å². The highest BCUT2D eigenvalue weighted by Gasteiger charge is 2.25. The van der Waals surface area contributed by atoms with E-state index in [4.69, 9.17) is 0 Å². The summed E-state index contributed by atoms with van der Waals surface area (Å²) in [7, 11) is 0. The molecule has 0 fully saturated rings. The first-order valence-electron chi connectivity index (χ1n) is 9.11. The van der Waals surface area contributed by atoms with Crippen LogP contribution in [0, 0.1) is 0 Å². The highest BCUT2D eigenvalue weighted by molar-refractivity contribution is 5.81. The Hall–Kier alpha value is -3.06. The minimum Gasteiger partial charge on any atom is -0.347 e. The minimum absolute atomic E-state index is 0.00348. The number of H-pyrrole nitrogens is 1. The minimum atomic E-state index is -0.194. The molecule has 0 spiro atoms. The van der Waals surface area contributed by atoms with E-state index < -0.39 is 0 Å². The van der Waals surface area contributed by atoms with Gasteiger partial charge in [-0.15, -0.1) is 0 Å². The maximum absolute atomic E-state index is 12.6. The Morgan fingerprint density at radius 1 is 1.22 bits per heavy atom. The average Bonchev–Trinajstić information content (AvgIpc) is 3.21. The van der Waals surface area contributed by atoms with Gasteiger partial charge in [-0.05, 0) is 36.6 Å². The van der Waals surface area contributed by atoms with Gasteiger partial charge >= 0.3 is 0 Å². The smallest absolute Gasteiger partial charge is 0.237 e. The van der Waals surface area contributed by atoms with Crippen LogP contribution in [-0.4, -0.2) is 43.6 Å². The number of carbonyl (C=O) groups excluding carboxylic acids is 1. The maximum Gasteiger partial charge on any atom is 0.237 e. The first-order chi connectivity index (χ1) is 13.2. The second-order valence-corrected chi connectivity index (χ2v) is 6.72. The van der Waals surface area contributed by atoms with Gasteiger partial charge in [-0.3, -0.25) is 19.8 Å². The number of nitrogens with one attached hydrogen (secondary N) is 2. The van der Waals surface area contributed by atoms with Crippen LogP contribution in [0.1, 0.15) is 23.9 Å². The molecule has 1 amide bonds. The standard InChI is InChI=1S/C20H22N6O/c1-14(26-11-8-15-4-2-3-5-17(15)13-26)20(27)22-12-18-23-19(25-24-18)16-6-9-21-10-7-16/h2-7,9-10,14H,8,11-13H2,1H3,(H,22,27)(H,23,24,25)/t14-/m1/s1. The number of benzene rings is 1. The third-order valence-corrected chi connectivity index (χ3v) is 4.99. The Labute approximate surface area is 157 Å². The van der Waals surface area contributed by atoms with Crippen LogP contribution in [0.3, 0.4) is 0 Å². The summed E-state index contributed by atoms with van der Waals surface area (Å²) < 4.78 is 0. The third kappa shape index (κ3) is 3.88. The lowest BCUT2D eigenvalue weighted by Gasteiger charge is -2.32. The quantitative estimate of drug-likeness (QED) is 0.724. The Morgan fingerprint density at radius 3 is 2.81 bits per heavy atom. The summed E-state index contributed by atoms with van der Waals surface area (Å²) in [5.41, 5.74) is 3.58. The van der Waals surface area contributed by atoms with Gasteiger partial charge in [0, 0.05) is 31.0 Å². The fourth-order valence-corrected chi connectivity index (χ4v) is 3.34. The van der Waals surface area contributed by atoms with Crippen LogP contribution in [0.25, 0.3) is 11.4 Å². The molecule has 3 heterocycles. The molecule has 7 heteroatoms. The van der Waals surface area contributed by atoms with E-state index in [0.717, 1.165) is 25.1 Å². The molecule has 0 bridgehead atoms. The lowest BCUT2D eigenvalue weighted by Crippen LogP contribution is -2.46. The van der Waals surface area contributed by atoms with Crippen molar-refractivity contribution < 1.29 is 4.79 Å². The van der Waals surface area contributed by atoms with Crippen molar-refractivity contribution in [3.63, 3.8) is 0 Å². The highest BCUT2D eigenvalue weighted by Crippen LogP contribution is 2.20. The van der Waals surface area contributed by atoms with Crippen LogP contribution in [0.15, 0.2) is 48.8 Å². The molecule has 3 aromatic rings. The molecule has 1 atom stereocenters. The topological polar surface area (TPSA) is 86.8 Å². The monoisotopic (exact) mass is 362 g/mol. The number of pyridine rings is 1. The van der Waals surface area contributed by atoms with Crippen molar-refractivity contribution in [1.82, 2.24) is 30.4 Å². The van der Waals surface area contributed by atoms with Crippen molar-refractivity contribution in [2.75, 3.05) is 6.54 Å². The molecule has 4 rings (SSSR count). The van der Waals surface area contributed by atoms with Gasteiger partial charge in [-0.2, -0.15) is 5.10 Å². The number of nitrogens with zero attached hydrogens (tertiary/aromatic N) is 4. The van der Waals surface area contributed by atoms with E-state index >= 15 is 0 Å². The van der Waals surface area contributed by atoms with Crippen molar-refractivity contribution in [3.05, 3.63) is 65.7 Å². The fourth-order valence-electron chi connectivity index (χ4n) is 3.34. The number of hydrogen-bond donors (Lipinski definition) is 2. The van der Waals surface area contributed by atoms with Gasteiger partial charge in [0.1, 0.15) is 5.82 Å². The zero-order chi connectivity index (χ0) is 18.6. The fraction of sp³-hybridized carbons (Fsp3) is 0.300. The van der Waals surface area contributed by atoms with Crippen LogP contribution in [0.2, 0.25) is 0 Å². The predicted molar refractivity (Wildman–Crippen MR) is 101 cm³/mol.